The summed E-state index contributed by atoms with van der Waals surface area (Å²) < 4.78 is 1.09. The van der Waals surface area contributed by atoms with Crippen molar-refractivity contribution >= 4 is 15.9 Å². The Kier molecular flexibility index (Phi) is 8.89. The van der Waals surface area contributed by atoms with Crippen LogP contribution in [0.4, 0.5) is 0 Å². The van der Waals surface area contributed by atoms with E-state index in [1.54, 1.807) is 0 Å². The topological polar surface area (TPSA) is 23.8 Å². The van der Waals surface area contributed by atoms with Crippen LogP contribution in [0, 0.1) is 23.2 Å². The highest BCUT2D eigenvalue weighted by molar-refractivity contribution is 9.10. The van der Waals surface area contributed by atoms with Gasteiger partial charge < -0.3 is 0 Å². The summed E-state index contributed by atoms with van der Waals surface area (Å²) in [5.74, 6) is 1.76. The summed E-state index contributed by atoms with van der Waals surface area (Å²) in [5, 5.41) is 9.56. The van der Waals surface area contributed by atoms with E-state index in [1.165, 1.54) is 69.8 Å². The first-order valence-corrected chi connectivity index (χ1v) is 10.7. The highest BCUT2D eigenvalue weighted by Crippen LogP contribution is 2.37. The minimum absolute atomic E-state index is 0.0636. The lowest BCUT2D eigenvalue weighted by Gasteiger charge is -2.29. The SMILES string of the molecule is CCCCCCCC1CCC(CC(C#N)c2ccc(Br)cc2)CC1. The summed E-state index contributed by atoms with van der Waals surface area (Å²) in [7, 11) is 0. The van der Waals surface area contributed by atoms with Gasteiger partial charge in [-0.15, -0.1) is 0 Å². The van der Waals surface area contributed by atoms with Crippen LogP contribution in [0.3, 0.4) is 0 Å². The Morgan fingerprint density at radius 2 is 1.62 bits per heavy atom. The van der Waals surface area contributed by atoms with Gasteiger partial charge in [-0.1, -0.05) is 99.2 Å². The van der Waals surface area contributed by atoms with E-state index in [0.717, 1.165) is 22.7 Å². The first-order chi connectivity index (χ1) is 11.7. The smallest absolute Gasteiger partial charge is 0.0715 e. The summed E-state index contributed by atoms with van der Waals surface area (Å²) in [6, 6.07) is 10.8. The lowest BCUT2D eigenvalue weighted by Crippen LogP contribution is -2.16. The molecule has 1 aromatic carbocycles. The Balaban J connectivity index is 1.70. The van der Waals surface area contributed by atoms with Gasteiger partial charge >= 0.3 is 0 Å². The van der Waals surface area contributed by atoms with E-state index in [2.05, 4.69) is 53.2 Å². The van der Waals surface area contributed by atoms with Crippen molar-refractivity contribution in [2.45, 2.75) is 83.5 Å². The summed E-state index contributed by atoms with van der Waals surface area (Å²) in [6.07, 6.45) is 14.9. The first kappa shape index (κ1) is 19.5. The molecule has 2 rings (SSSR count). The zero-order chi connectivity index (χ0) is 17.2. The third-order valence-electron chi connectivity index (χ3n) is 5.68. The van der Waals surface area contributed by atoms with Crippen molar-refractivity contribution in [1.82, 2.24) is 0 Å². The summed E-state index contributed by atoms with van der Waals surface area (Å²) in [5.41, 5.74) is 1.18. The van der Waals surface area contributed by atoms with Gasteiger partial charge in [0.15, 0.2) is 0 Å². The van der Waals surface area contributed by atoms with E-state index in [0.29, 0.717) is 0 Å². The number of benzene rings is 1. The Morgan fingerprint density at radius 1 is 1.00 bits per heavy atom. The second-order valence-corrected chi connectivity index (χ2v) is 8.47. The van der Waals surface area contributed by atoms with Crippen molar-refractivity contribution in [2.75, 3.05) is 0 Å². The number of nitriles is 1. The molecule has 0 aliphatic heterocycles. The highest BCUT2D eigenvalue weighted by Gasteiger charge is 2.24. The van der Waals surface area contributed by atoms with Crippen molar-refractivity contribution in [1.29, 1.82) is 5.26 Å². The Hall–Kier alpha value is -0.810. The van der Waals surface area contributed by atoms with Gasteiger partial charge in [0, 0.05) is 4.47 Å². The molecule has 0 radical (unpaired) electrons. The van der Waals surface area contributed by atoms with Crippen molar-refractivity contribution in [3.8, 4) is 6.07 Å². The Morgan fingerprint density at radius 3 is 2.25 bits per heavy atom. The Bertz CT molecular complexity index is 494. The number of nitrogens with zero attached hydrogens (tertiary/aromatic N) is 1. The molecule has 1 atom stereocenters. The van der Waals surface area contributed by atoms with Crippen LogP contribution in [-0.2, 0) is 0 Å². The van der Waals surface area contributed by atoms with Crippen LogP contribution >= 0.6 is 15.9 Å². The van der Waals surface area contributed by atoms with Crippen LogP contribution in [0.15, 0.2) is 28.7 Å². The molecule has 1 unspecified atom stereocenters. The molecule has 1 fully saturated rings. The van der Waals surface area contributed by atoms with Gasteiger partial charge in [-0.05, 0) is 36.0 Å². The van der Waals surface area contributed by atoms with Crippen molar-refractivity contribution in [2.24, 2.45) is 11.8 Å². The minimum atomic E-state index is 0.0636. The number of halogens is 1. The van der Waals surface area contributed by atoms with E-state index in [4.69, 9.17) is 0 Å². The molecule has 0 N–H and O–H groups in total. The number of hydrogen-bond acceptors (Lipinski definition) is 1. The maximum absolute atomic E-state index is 9.56. The van der Waals surface area contributed by atoms with Gasteiger partial charge in [0.25, 0.3) is 0 Å². The predicted molar refractivity (Wildman–Crippen MR) is 106 cm³/mol. The first-order valence-electron chi connectivity index (χ1n) is 9.88. The highest BCUT2D eigenvalue weighted by atomic mass is 79.9. The molecule has 0 spiro atoms. The van der Waals surface area contributed by atoms with Crippen LogP contribution in [0.2, 0.25) is 0 Å². The van der Waals surface area contributed by atoms with Gasteiger partial charge in [0.05, 0.1) is 12.0 Å². The fourth-order valence-electron chi connectivity index (χ4n) is 4.08. The molecular formula is C22H32BrN. The van der Waals surface area contributed by atoms with Gasteiger partial charge in [0.1, 0.15) is 0 Å². The van der Waals surface area contributed by atoms with Gasteiger partial charge in [-0.3, -0.25) is 0 Å². The molecule has 1 aliphatic carbocycles. The van der Waals surface area contributed by atoms with Crippen molar-refractivity contribution < 1.29 is 0 Å². The van der Waals surface area contributed by atoms with E-state index in [9.17, 15) is 5.26 Å². The second-order valence-electron chi connectivity index (χ2n) is 7.56. The quantitative estimate of drug-likeness (QED) is 0.398. The van der Waals surface area contributed by atoms with Crippen LogP contribution in [0.1, 0.15) is 89.0 Å². The summed E-state index contributed by atoms with van der Waals surface area (Å²) in [6.45, 7) is 2.28. The van der Waals surface area contributed by atoms with Gasteiger partial charge in [-0.25, -0.2) is 0 Å². The molecular weight excluding hydrogens is 358 g/mol. The third-order valence-corrected chi connectivity index (χ3v) is 6.21. The molecule has 0 aromatic heterocycles. The monoisotopic (exact) mass is 389 g/mol. The summed E-state index contributed by atoms with van der Waals surface area (Å²) >= 11 is 3.47. The van der Waals surface area contributed by atoms with Crippen LogP contribution < -0.4 is 0 Å². The van der Waals surface area contributed by atoms with Gasteiger partial charge in [0.2, 0.25) is 0 Å². The van der Waals surface area contributed by atoms with Crippen LogP contribution in [0.25, 0.3) is 0 Å². The lowest BCUT2D eigenvalue weighted by atomic mass is 9.75. The Labute approximate surface area is 157 Å². The zero-order valence-corrected chi connectivity index (χ0v) is 16.7. The fourth-order valence-corrected chi connectivity index (χ4v) is 4.35. The molecule has 1 saturated carbocycles. The molecule has 0 amide bonds. The predicted octanol–water partition coefficient (Wildman–Crippen LogP) is 7.61. The molecule has 24 heavy (non-hydrogen) atoms. The fraction of sp³-hybridized carbons (Fsp3) is 0.682. The largest absolute Gasteiger partial charge is 0.198 e. The number of hydrogen-bond donors (Lipinski definition) is 0. The minimum Gasteiger partial charge on any atom is -0.198 e. The van der Waals surface area contributed by atoms with E-state index >= 15 is 0 Å². The maximum Gasteiger partial charge on any atom is 0.0715 e. The molecule has 0 saturated heterocycles. The van der Waals surface area contributed by atoms with Crippen LogP contribution in [-0.4, -0.2) is 0 Å². The molecule has 0 bridgehead atoms. The normalized spacial score (nSPS) is 22.0. The van der Waals surface area contributed by atoms with Gasteiger partial charge in [-0.2, -0.15) is 5.26 Å². The lowest BCUT2D eigenvalue weighted by molar-refractivity contribution is 0.245. The molecule has 1 nitrogen and oxygen atoms in total. The second kappa shape index (κ2) is 10.9. The average molecular weight is 390 g/mol. The average Bonchev–Trinajstić information content (AvgIpc) is 2.61. The van der Waals surface area contributed by atoms with Crippen LogP contribution in [0.5, 0.6) is 0 Å². The number of rotatable bonds is 9. The summed E-state index contributed by atoms with van der Waals surface area (Å²) in [4.78, 5) is 0. The van der Waals surface area contributed by atoms with Crippen molar-refractivity contribution in [3.05, 3.63) is 34.3 Å². The standard InChI is InChI=1S/C22H32BrN/c1-2-3-4-5-6-7-18-8-10-19(11-9-18)16-21(17-24)20-12-14-22(23)15-13-20/h12-15,18-19,21H,2-11,16H2,1H3. The van der Waals surface area contributed by atoms with E-state index < -0.39 is 0 Å². The molecule has 2 heteroatoms. The molecule has 0 heterocycles. The molecule has 132 valence electrons. The van der Waals surface area contributed by atoms with E-state index in [1.807, 2.05) is 0 Å². The maximum atomic E-state index is 9.56. The number of unbranched alkanes of at least 4 members (excludes halogenated alkanes) is 4. The third kappa shape index (κ3) is 6.60. The molecule has 1 aliphatic rings. The zero-order valence-electron chi connectivity index (χ0n) is 15.1. The van der Waals surface area contributed by atoms with Crippen molar-refractivity contribution in [3.63, 3.8) is 0 Å². The van der Waals surface area contributed by atoms with E-state index in [-0.39, 0.29) is 5.92 Å². The molecule has 1 aromatic rings.